The van der Waals surface area contributed by atoms with Gasteiger partial charge in [0.25, 0.3) is 0 Å². The number of pyridine rings is 2. The van der Waals surface area contributed by atoms with Crippen LogP contribution < -0.4 is 5.32 Å². The minimum atomic E-state index is -0.750. The second-order valence-corrected chi connectivity index (χ2v) is 7.91. The van der Waals surface area contributed by atoms with Gasteiger partial charge >= 0.3 is 6.03 Å². The number of hydrogen-bond acceptors (Lipinski definition) is 8. The minimum Gasteiger partial charge on any atom is -0.390 e. The van der Waals surface area contributed by atoms with E-state index in [0.717, 1.165) is 21.8 Å². The average molecular weight is 416 g/mol. The predicted octanol–water partition coefficient (Wildman–Crippen LogP) is 2.08. The molecule has 2 fully saturated rings. The number of aromatic nitrogens is 4. The summed E-state index contributed by atoms with van der Waals surface area (Å²) in [5.41, 5.74) is 3.28. The highest BCUT2D eigenvalue weighted by Gasteiger charge is 2.49. The van der Waals surface area contributed by atoms with E-state index in [1.807, 2.05) is 24.3 Å². The number of nitrogens with one attached hydrogen (secondary N) is 1. The maximum absolute atomic E-state index is 12.9. The van der Waals surface area contributed by atoms with Crippen LogP contribution in [-0.4, -0.2) is 61.0 Å². The van der Waals surface area contributed by atoms with E-state index in [9.17, 15) is 9.90 Å². The first-order valence-electron chi connectivity index (χ1n) is 10.1. The Hall–Kier alpha value is -3.47. The largest absolute Gasteiger partial charge is 0.390 e. The van der Waals surface area contributed by atoms with Gasteiger partial charge in [0.05, 0.1) is 29.3 Å². The lowest BCUT2D eigenvalue weighted by Crippen LogP contribution is -2.49. The lowest BCUT2D eigenvalue weighted by atomic mass is 10.1. The van der Waals surface area contributed by atoms with E-state index in [1.54, 1.807) is 12.4 Å². The quantitative estimate of drug-likeness (QED) is 0.418. The molecule has 154 valence electrons. The number of aliphatic hydroxyl groups is 1. The molecule has 3 aliphatic rings. The fourth-order valence-corrected chi connectivity index (χ4v) is 4.73. The van der Waals surface area contributed by atoms with Gasteiger partial charge in [-0.3, -0.25) is 20.2 Å². The number of carbonyl (C=O) groups is 1. The highest BCUT2D eigenvalue weighted by molar-refractivity contribution is 6.20. The summed E-state index contributed by atoms with van der Waals surface area (Å²) >= 11 is 0. The Labute approximate surface area is 174 Å². The van der Waals surface area contributed by atoms with Gasteiger partial charge in [-0.1, -0.05) is 0 Å². The molecule has 7 rings (SSSR count). The number of aliphatic hydroxyl groups excluding tert-OH is 1. The van der Waals surface area contributed by atoms with E-state index in [4.69, 9.17) is 19.4 Å². The molecule has 0 unspecified atom stereocenters. The van der Waals surface area contributed by atoms with Gasteiger partial charge in [-0.2, -0.15) is 0 Å². The van der Waals surface area contributed by atoms with Crippen molar-refractivity contribution in [2.24, 2.45) is 0 Å². The van der Waals surface area contributed by atoms with Crippen molar-refractivity contribution in [3.05, 3.63) is 42.4 Å². The number of carbonyl (C=O) groups excluding carboxylic acids is 1. The summed E-state index contributed by atoms with van der Waals surface area (Å²) in [4.78, 5) is 33.1. The topological polar surface area (TPSA) is 123 Å². The lowest BCUT2D eigenvalue weighted by Gasteiger charge is -2.37. The number of hydrogen-bond donors (Lipinski definition) is 2. The van der Waals surface area contributed by atoms with Gasteiger partial charge < -0.3 is 14.6 Å². The first kappa shape index (κ1) is 17.2. The van der Waals surface area contributed by atoms with Crippen molar-refractivity contribution in [1.29, 1.82) is 0 Å². The van der Waals surface area contributed by atoms with Crippen molar-refractivity contribution in [3.8, 4) is 0 Å². The van der Waals surface area contributed by atoms with Crippen molar-refractivity contribution in [2.45, 2.75) is 31.1 Å². The molecular weight excluding hydrogens is 400 g/mol. The first-order valence-corrected chi connectivity index (χ1v) is 10.1. The summed E-state index contributed by atoms with van der Waals surface area (Å²) in [6, 6.07) is 7.16. The summed E-state index contributed by atoms with van der Waals surface area (Å²) in [5.74, 6) is 0.352. The summed E-state index contributed by atoms with van der Waals surface area (Å²) < 4.78 is 11.8. The van der Waals surface area contributed by atoms with Gasteiger partial charge in [0, 0.05) is 29.6 Å². The maximum atomic E-state index is 12.9. The number of nitrogens with zero attached hydrogens (tertiary/aromatic N) is 5. The molecule has 6 heterocycles. The number of fused-ring (bicyclic) bond motifs is 12. The zero-order chi connectivity index (χ0) is 20.7. The minimum absolute atomic E-state index is 0.162. The summed E-state index contributed by atoms with van der Waals surface area (Å²) in [6.45, 7) is 0.162. The normalized spacial score (nSPS) is 27.3. The van der Waals surface area contributed by atoms with Crippen LogP contribution in [0.5, 0.6) is 0 Å². The van der Waals surface area contributed by atoms with Crippen LogP contribution in [0.15, 0.2) is 36.7 Å². The zero-order valence-electron chi connectivity index (χ0n) is 16.1. The molecule has 0 saturated carbocycles. The number of rotatable bonds is 0. The van der Waals surface area contributed by atoms with E-state index in [1.165, 1.54) is 4.90 Å². The van der Waals surface area contributed by atoms with E-state index in [2.05, 4.69) is 15.3 Å². The molecule has 2 bridgehead atoms. The third-order valence-electron chi connectivity index (χ3n) is 6.15. The van der Waals surface area contributed by atoms with E-state index < -0.39 is 30.7 Å². The molecule has 1 aromatic carbocycles. The monoisotopic (exact) mass is 416 g/mol. The highest BCUT2D eigenvalue weighted by atomic mass is 16.6. The van der Waals surface area contributed by atoms with Gasteiger partial charge in [0.1, 0.15) is 23.5 Å². The van der Waals surface area contributed by atoms with Crippen LogP contribution in [0.25, 0.3) is 32.8 Å². The second-order valence-electron chi connectivity index (χ2n) is 7.91. The molecule has 10 heteroatoms. The van der Waals surface area contributed by atoms with E-state index in [-0.39, 0.29) is 6.61 Å². The third-order valence-corrected chi connectivity index (χ3v) is 6.15. The molecule has 3 aromatic heterocycles. The predicted molar refractivity (Wildman–Crippen MR) is 109 cm³/mol. The fourth-order valence-electron chi connectivity index (χ4n) is 4.73. The number of urea groups is 1. The third kappa shape index (κ3) is 2.29. The van der Waals surface area contributed by atoms with Crippen molar-refractivity contribution >= 4 is 44.7 Å². The van der Waals surface area contributed by atoms with Crippen LogP contribution in [0.4, 0.5) is 10.6 Å². The molecule has 10 nitrogen and oxygen atoms in total. The number of ether oxygens (including phenoxy) is 2. The SMILES string of the molecule is O=C1Nc2nc3c4cccnc4c4ncccc4c3nc2[C@@H]2OC[C@H]3O[C@H](C[C@@H]3O)N12. The van der Waals surface area contributed by atoms with Crippen LogP contribution >= 0.6 is 0 Å². The van der Waals surface area contributed by atoms with Crippen molar-refractivity contribution in [3.63, 3.8) is 0 Å². The Morgan fingerprint density at radius 3 is 2.48 bits per heavy atom. The number of benzene rings is 1. The van der Waals surface area contributed by atoms with Crippen LogP contribution in [0.1, 0.15) is 18.3 Å². The molecule has 2 N–H and O–H groups in total. The molecule has 0 aliphatic carbocycles. The Balaban J connectivity index is 1.51. The van der Waals surface area contributed by atoms with Crippen molar-refractivity contribution < 1.29 is 19.4 Å². The second kappa shape index (κ2) is 6.03. The summed E-state index contributed by atoms with van der Waals surface area (Å²) in [5, 5.41) is 14.6. The highest BCUT2D eigenvalue weighted by Crippen LogP contribution is 2.41. The van der Waals surface area contributed by atoms with Gasteiger partial charge in [-0.25, -0.2) is 14.8 Å². The molecule has 3 aliphatic heterocycles. The standard InChI is InChI=1S/C21H16N6O4/c28-11-7-13-27-20(30-8-12(11)31-13)18-19(26-21(27)29)25-17-10-4-2-6-23-15(10)14-9(16(17)24-18)3-1-5-22-14/h1-6,11-13,20,28H,7-8H2,(H,25,26,29)/t11-,12+,13+,20-/m0/s1. The van der Waals surface area contributed by atoms with Gasteiger partial charge in [0.2, 0.25) is 0 Å². The molecule has 4 aromatic rings. The van der Waals surface area contributed by atoms with E-state index >= 15 is 0 Å². The van der Waals surface area contributed by atoms with Crippen LogP contribution in [0.2, 0.25) is 0 Å². The fraction of sp³-hybridized carbons (Fsp3) is 0.286. The summed E-state index contributed by atoms with van der Waals surface area (Å²) in [6.07, 6.45) is 1.30. The maximum Gasteiger partial charge on any atom is 0.327 e. The molecule has 0 spiro atoms. The Morgan fingerprint density at radius 2 is 1.74 bits per heavy atom. The average Bonchev–Trinajstić information content (AvgIpc) is 3.04. The number of anilines is 1. The molecule has 0 radical (unpaired) electrons. The summed E-state index contributed by atoms with van der Waals surface area (Å²) in [7, 11) is 0. The Morgan fingerprint density at radius 1 is 1.03 bits per heavy atom. The van der Waals surface area contributed by atoms with E-state index in [0.29, 0.717) is 29.0 Å². The molecule has 2 amide bonds. The first-order chi connectivity index (χ1) is 15.2. The lowest BCUT2D eigenvalue weighted by molar-refractivity contribution is -0.0702. The van der Waals surface area contributed by atoms with Crippen molar-refractivity contribution in [1.82, 2.24) is 24.8 Å². The van der Waals surface area contributed by atoms with Crippen molar-refractivity contribution in [2.75, 3.05) is 11.9 Å². The van der Waals surface area contributed by atoms with Crippen LogP contribution in [0.3, 0.4) is 0 Å². The smallest absolute Gasteiger partial charge is 0.327 e. The Kier molecular flexibility index (Phi) is 3.36. The molecule has 4 atom stereocenters. The zero-order valence-corrected chi connectivity index (χ0v) is 16.1. The Bertz CT molecular complexity index is 1410. The van der Waals surface area contributed by atoms with Gasteiger partial charge in [-0.15, -0.1) is 0 Å². The number of amides is 2. The van der Waals surface area contributed by atoms with Gasteiger partial charge in [-0.05, 0) is 24.3 Å². The van der Waals surface area contributed by atoms with Crippen LogP contribution in [-0.2, 0) is 9.47 Å². The molecule has 31 heavy (non-hydrogen) atoms. The van der Waals surface area contributed by atoms with Gasteiger partial charge in [0.15, 0.2) is 12.0 Å². The molecular formula is C21H16N6O4. The van der Waals surface area contributed by atoms with Crippen LogP contribution in [0, 0.1) is 0 Å². The molecule has 2 saturated heterocycles.